The summed E-state index contributed by atoms with van der Waals surface area (Å²) in [6.45, 7) is 1.94. The van der Waals surface area contributed by atoms with E-state index in [2.05, 4.69) is 25.7 Å². The molecule has 3 aromatic rings. The van der Waals surface area contributed by atoms with Crippen molar-refractivity contribution in [2.45, 2.75) is 45.1 Å². The van der Waals surface area contributed by atoms with Gasteiger partial charge in [-0.15, -0.1) is 0 Å². The van der Waals surface area contributed by atoms with Gasteiger partial charge in [-0.05, 0) is 38.0 Å². The molecule has 0 saturated heterocycles. The summed E-state index contributed by atoms with van der Waals surface area (Å²) in [5.74, 6) is 1.24. The van der Waals surface area contributed by atoms with Crippen molar-refractivity contribution < 1.29 is 4.79 Å². The number of hydrogen-bond acceptors (Lipinski definition) is 5. The molecule has 0 spiro atoms. The zero-order valence-electron chi connectivity index (χ0n) is 14.8. The van der Waals surface area contributed by atoms with Gasteiger partial charge in [0.2, 0.25) is 0 Å². The van der Waals surface area contributed by atoms with Crippen LogP contribution in [0.5, 0.6) is 0 Å². The fourth-order valence-electron chi connectivity index (χ4n) is 3.35. The van der Waals surface area contributed by atoms with Gasteiger partial charge in [0, 0.05) is 17.9 Å². The van der Waals surface area contributed by atoms with Gasteiger partial charge in [-0.2, -0.15) is 5.10 Å². The quantitative estimate of drug-likeness (QED) is 0.755. The number of amides is 1. The number of fused-ring (bicyclic) bond motifs is 1. The summed E-state index contributed by atoms with van der Waals surface area (Å²) < 4.78 is 1.62. The molecule has 1 amide bonds. The smallest absolute Gasteiger partial charge is 0.256 e. The Labute approximate surface area is 151 Å². The lowest BCUT2D eigenvalue weighted by molar-refractivity contribution is 0.0929. The molecular weight excluding hydrogens is 328 g/mol. The molecule has 134 valence electrons. The normalized spacial score (nSPS) is 15.1. The molecule has 0 aliphatic heterocycles. The number of aryl methyl sites for hydroxylation is 1. The summed E-state index contributed by atoms with van der Waals surface area (Å²) in [7, 11) is 0. The van der Waals surface area contributed by atoms with Crippen molar-refractivity contribution >= 4 is 23.2 Å². The average Bonchev–Trinajstić information content (AvgIpc) is 3.06. The number of nitrogens with one attached hydrogen (secondary N) is 2. The zero-order valence-corrected chi connectivity index (χ0v) is 14.8. The third-order valence-corrected chi connectivity index (χ3v) is 4.70. The first-order chi connectivity index (χ1) is 12.7. The summed E-state index contributed by atoms with van der Waals surface area (Å²) >= 11 is 0. The molecule has 1 aliphatic carbocycles. The van der Waals surface area contributed by atoms with Crippen molar-refractivity contribution in [1.29, 1.82) is 0 Å². The van der Waals surface area contributed by atoms with E-state index in [1.807, 2.05) is 31.2 Å². The number of rotatable bonds is 4. The first-order valence-corrected chi connectivity index (χ1v) is 9.05. The predicted molar refractivity (Wildman–Crippen MR) is 99.6 cm³/mol. The molecule has 0 radical (unpaired) electrons. The average molecular weight is 350 g/mol. The highest BCUT2D eigenvalue weighted by Crippen LogP contribution is 2.19. The van der Waals surface area contributed by atoms with Crippen molar-refractivity contribution in [3.63, 3.8) is 0 Å². The van der Waals surface area contributed by atoms with Crippen LogP contribution in [0.2, 0.25) is 0 Å². The number of carbonyl (C=O) groups is 1. The molecule has 7 heteroatoms. The molecule has 2 N–H and O–H groups in total. The summed E-state index contributed by atoms with van der Waals surface area (Å²) in [4.78, 5) is 21.6. The van der Waals surface area contributed by atoms with Crippen molar-refractivity contribution in [1.82, 2.24) is 24.9 Å². The van der Waals surface area contributed by atoms with Crippen LogP contribution < -0.4 is 10.6 Å². The summed E-state index contributed by atoms with van der Waals surface area (Å²) in [5.41, 5.74) is 1.96. The van der Waals surface area contributed by atoms with E-state index >= 15 is 0 Å². The fourth-order valence-corrected chi connectivity index (χ4v) is 3.35. The van der Waals surface area contributed by atoms with Gasteiger partial charge >= 0.3 is 0 Å². The van der Waals surface area contributed by atoms with Crippen LogP contribution >= 0.6 is 0 Å². The molecule has 0 bridgehead atoms. The van der Waals surface area contributed by atoms with Crippen LogP contribution in [0.25, 0.3) is 5.65 Å². The van der Waals surface area contributed by atoms with Gasteiger partial charge in [-0.3, -0.25) is 4.79 Å². The lowest BCUT2D eigenvalue weighted by Gasteiger charge is -2.22. The van der Waals surface area contributed by atoms with Gasteiger partial charge in [0.15, 0.2) is 5.65 Å². The number of aromatic nitrogens is 4. The van der Waals surface area contributed by atoms with E-state index in [1.54, 1.807) is 16.9 Å². The second-order valence-electron chi connectivity index (χ2n) is 6.74. The van der Waals surface area contributed by atoms with Crippen LogP contribution in [-0.2, 0) is 0 Å². The number of carbonyl (C=O) groups excluding carboxylic acids is 1. The minimum atomic E-state index is -0.106. The molecule has 0 aromatic carbocycles. The van der Waals surface area contributed by atoms with Gasteiger partial charge in [0.25, 0.3) is 5.91 Å². The summed E-state index contributed by atoms with van der Waals surface area (Å²) in [5, 5.41) is 10.5. The van der Waals surface area contributed by atoms with Crippen molar-refractivity contribution in [3.05, 3.63) is 47.9 Å². The number of nitrogens with zero attached hydrogens (tertiary/aromatic N) is 4. The van der Waals surface area contributed by atoms with Gasteiger partial charge in [0.1, 0.15) is 17.2 Å². The van der Waals surface area contributed by atoms with Crippen LogP contribution in [0, 0.1) is 6.92 Å². The third kappa shape index (κ3) is 3.51. The molecule has 1 saturated carbocycles. The molecule has 0 atom stereocenters. The van der Waals surface area contributed by atoms with Crippen LogP contribution in [0.1, 0.15) is 48.2 Å². The summed E-state index contributed by atoms with van der Waals surface area (Å²) in [6.07, 6.45) is 9.07. The van der Waals surface area contributed by atoms with Crippen LogP contribution in [0.3, 0.4) is 0 Å². The monoisotopic (exact) mass is 350 g/mol. The van der Waals surface area contributed by atoms with E-state index < -0.39 is 0 Å². The lowest BCUT2D eigenvalue weighted by atomic mass is 9.95. The Hall–Kier alpha value is -2.96. The predicted octanol–water partition coefficient (Wildman–Crippen LogP) is 3.24. The maximum absolute atomic E-state index is 12.7. The highest BCUT2D eigenvalue weighted by atomic mass is 16.1. The van der Waals surface area contributed by atoms with Crippen molar-refractivity contribution in [2.75, 3.05) is 5.32 Å². The summed E-state index contributed by atoms with van der Waals surface area (Å²) in [6, 6.07) is 7.82. The van der Waals surface area contributed by atoms with Crippen molar-refractivity contribution in [3.8, 4) is 0 Å². The Balaban J connectivity index is 1.57. The van der Waals surface area contributed by atoms with Gasteiger partial charge in [0.05, 0.1) is 6.20 Å². The van der Waals surface area contributed by atoms with Gasteiger partial charge < -0.3 is 10.6 Å². The molecule has 3 aromatic heterocycles. The SMILES string of the molecule is Cc1cccc(Nc2ccn3ncc(C(=O)NC4CCCCC4)c3n2)n1. The van der Waals surface area contributed by atoms with E-state index in [0.717, 1.165) is 24.4 Å². The minimum absolute atomic E-state index is 0.106. The molecule has 26 heavy (non-hydrogen) atoms. The molecule has 1 fully saturated rings. The maximum Gasteiger partial charge on any atom is 0.256 e. The van der Waals surface area contributed by atoms with Crippen LogP contribution in [0.4, 0.5) is 11.6 Å². The Morgan fingerprint density at radius 3 is 2.73 bits per heavy atom. The highest BCUT2D eigenvalue weighted by molar-refractivity contribution is 5.99. The Morgan fingerprint density at radius 1 is 1.12 bits per heavy atom. The van der Waals surface area contributed by atoms with E-state index in [9.17, 15) is 4.79 Å². The zero-order chi connectivity index (χ0) is 17.9. The van der Waals surface area contributed by atoms with E-state index in [1.165, 1.54) is 19.3 Å². The molecular formula is C19H22N6O. The molecule has 4 rings (SSSR count). The Bertz CT molecular complexity index is 929. The topological polar surface area (TPSA) is 84.2 Å². The van der Waals surface area contributed by atoms with Crippen molar-refractivity contribution in [2.24, 2.45) is 0 Å². The van der Waals surface area contributed by atoms with E-state index in [4.69, 9.17) is 0 Å². The number of anilines is 2. The Morgan fingerprint density at radius 2 is 1.92 bits per heavy atom. The number of hydrogen-bond donors (Lipinski definition) is 2. The fraction of sp³-hybridized carbons (Fsp3) is 0.368. The van der Waals surface area contributed by atoms with E-state index in [-0.39, 0.29) is 11.9 Å². The largest absolute Gasteiger partial charge is 0.349 e. The standard InChI is InChI=1S/C19H22N6O/c1-13-6-5-9-16(21-13)23-17-10-11-25-18(24-17)15(12-20-25)19(26)22-14-7-3-2-4-8-14/h5-6,9-12,14H,2-4,7-8H2,1H3,(H,22,26)(H,21,23,24). The molecule has 0 unspecified atom stereocenters. The lowest BCUT2D eigenvalue weighted by Crippen LogP contribution is -2.36. The van der Waals surface area contributed by atoms with Crippen LogP contribution in [0.15, 0.2) is 36.7 Å². The molecule has 1 aliphatic rings. The molecule has 3 heterocycles. The number of pyridine rings is 1. The molecule has 7 nitrogen and oxygen atoms in total. The van der Waals surface area contributed by atoms with E-state index in [0.29, 0.717) is 17.0 Å². The van der Waals surface area contributed by atoms with Crippen LogP contribution in [-0.4, -0.2) is 31.5 Å². The third-order valence-electron chi connectivity index (χ3n) is 4.70. The van der Waals surface area contributed by atoms with Gasteiger partial charge in [-0.1, -0.05) is 25.3 Å². The van der Waals surface area contributed by atoms with Gasteiger partial charge in [-0.25, -0.2) is 14.5 Å². The highest BCUT2D eigenvalue weighted by Gasteiger charge is 2.20. The Kier molecular flexibility index (Phi) is 4.51. The first kappa shape index (κ1) is 16.5. The minimum Gasteiger partial charge on any atom is -0.349 e. The first-order valence-electron chi connectivity index (χ1n) is 9.05. The maximum atomic E-state index is 12.7. The second-order valence-corrected chi connectivity index (χ2v) is 6.74. The second kappa shape index (κ2) is 7.11.